The van der Waals surface area contributed by atoms with E-state index in [0.29, 0.717) is 36.0 Å². The first-order valence-electron chi connectivity index (χ1n) is 9.49. The van der Waals surface area contributed by atoms with E-state index in [1.807, 2.05) is 11.9 Å². The lowest BCUT2D eigenvalue weighted by Gasteiger charge is -2.32. The zero-order chi connectivity index (χ0) is 19.7. The summed E-state index contributed by atoms with van der Waals surface area (Å²) in [4.78, 5) is 29.4. The van der Waals surface area contributed by atoms with Crippen LogP contribution in [0.2, 0.25) is 0 Å². The van der Waals surface area contributed by atoms with Crippen LogP contribution in [0.25, 0.3) is 0 Å². The van der Waals surface area contributed by atoms with Crippen molar-refractivity contribution in [2.24, 2.45) is 0 Å². The highest BCUT2D eigenvalue weighted by molar-refractivity contribution is 6.05. The first-order chi connectivity index (χ1) is 13.5. The molecule has 28 heavy (non-hydrogen) atoms. The largest absolute Gasteiger partial charge is 0.495 e. The Labute approximate surface area is 163 Å². The summed E-state index contributed by atoms with van der Waals surface area (Å²) in [5, 5.41) is 6.65. The molecular weight excluding hydrogens is 360 g/mol. The minimum Gasteiger partial charge on any atom is -0.495 e. The minimum absolute atomic E-state index is 0.0521. The van der Waals surface area contributed by atoms with Crippen LogP contribution in [0.1, 0.15) is 45.4 Å². The Hall–Kier alpha value is -2.87. The van der Waals surface area contributed by atoms with Crippen LogP contribution in [0.5, 0.6) is 5.75 Å². The molecule has 0 radical (unpaired) electrons. The standard InChI is InChI=1S/C20H24N4O4/c1-23-7-9-24(10-8-23)20(26)14-5-6-17(27-2)15(11-14)21-19(25)16-12-18(28-22-16)13-3-4-13/h5-6,11-13H,3-4,7-10H2,1-2H3,(H,21,25). The van der Waals surface area contributed by atoms with E-state index in [-0.39, 0.29) is 11.6 Å². The van der Waals surface area contributed by atoms with Crippen molar-refractivity contribution in [1.82, 2.24) is 15.0 Å². The van der Waals surface area contributed by atoms with Gasteiger partial charge in [0.05, 0.1) is 12.8 Å². The number of nitrogens with zero attached hydrogens (tertiary/aromatic N) is 3. The Morgan fingerprint density at radius 2 is 1.93 bits per heavy atom. The Bertz CT molecular complexity index is 882. The Balaban J connectivity index is 1.51. The van der Waals surface area contributed by atoms with Crippen LogP contribution in [0.15, 0.2) is 28.8 Å². The second-order valence-electron chi connectivity index (χ2n) is 7.35. The molecule has 1 aliphatic carbocycles. The molecule has 1 saturated heterocycles. The van der Waals surface area contributed by atoms with Crippen molar-refractivity contribution >= 4 is 17.5 Å². The van der Waals surface area contributed by atoms with Gasteiger partial charge in [-0.3, -0.25) is 9.59 Å². The third kappa shape index (κ3) is 3.87. The van der Waals surface area contributed by atoms with Gasteiger partial charge in [0.2, 0.25) is 0 Å². The lowest BCUT2D eigenvalue weighted by atomic mass is 10.1. The molecule has 8 nitrogen and oxygen atoms in total. The van der Waals surface area contributed by atoms with Gasteiger partial charge in [0, 0.05) is 43.7 Å². The van der Waals surface area contributed by atoms with Gasteiger partial charge in [-0.05, 0) is 38.1 Å². The fourth-order valence-corrected chi connectivity index (χ4v) is 3.27. The van der Waals surface area contributed by atoms with Gasteiger partial charge in [0.1, 0.15) is 11.5 Å². The number of likely N-dealkylation sites (N-methyl/N-ethyl adjacent to an activating group) is 1. The number of carbonyl (C=O) groups is 2. The molecule has 0 bridgehead atoms. The molecule has 2 aliphatic rings. The molecule has 2 aromatic rings. The van der Waals surface area contributed by atoms with Crippen molar-refractivity contribution in [2.45, 2.75) is 18.8 Å². The number of aromatic nitrogens is 1. The second-order valence-corrected chi connectivity index (χ2v) is 7.35. The van der Waals surface area contributed by atoms with Crippen molar-refractivity contribution in [3.05, 3.63) is 41.3 Å². The predicted octanol–water partition coefficient (Wildman–Crippen LogP) is 2.20. The van der Waals surface area contributed by atoms with Gasteiger partial charge in [-0.15, -0.1) is 0 Å². The third-order valence-electron chi connectivity index (χ3n) is 5.23. The summed E-state index contributed by atoms with van der Waals surface area (Å²) < 4.78 is 10.6. The lowest BCUT2D eigenvalue weighted by molar-refractivity contribution is 0.0664. The Morgan fingerprint density at radius 1 is 1.18 bits per heavy atom. The summed E-state index contributed by atoms with van der Waals surface area (Å²) in [6, 6.07) is 6.74. The smallest absolute Gasteiger partial charge is 0.277 e. The van der Waals surface area contributed by atoms with Crippen molar-refractivity contribution in [3.8, 4) is 5.75 Å². The number of amides is 2. The molecule has 0 unspecified atom stereocenters. The molecule has 0 spiro atoms. The van der Waals surface area contributed by atoms with E-state index in [0.717, 1.165) is 31.7 Å². The highest BCUT2D eigenvalue weighted by Crippen LogP contribution is 2.40. The number of hydrogen-bond acceptors (Lipinski definition) is 6. The highest BCUT2D eigenvalue weighted by Gasteiger charge is 2.29. The molecule has 1 aliphatic heterocycles. The monoisotopic (exact) mass is 384 g/mol. The fourth-order valence-electron chi connectivity index (χ4n) is 3.27. The lowest BCUT2D eigenvalue weighted by Crippen LogP contribution is -2.47. The third-order valence-corrected chi connectivity index (χ3v) is 5.23. The number of carbonyl (C=O) groups excluding carboxylic acids is 2. The topological polar surface area (TPSA) is 87.9 Å². The summed E-state index contributed by atoms with van der Waals surface area (Å²) in [5.74, 6) is 1.17. The van der Waals surface area contributed by atoms with E-state index in [2.05, 4.69) is 15.4 Å². The average molecular weight is 384 g/mol. The molecule has 1 aromatic heterocycles. The van der Waals surface area contributed by atoms with Crippen LogP contribution in [-0.4, -0.2) is 67.1 Å². The van der Waals surface area contributed by atoms with E-state index in [1.54, 1.807) is 24.3 Å². The van der Waals surface area contributed by atoms with E-state index < -0.39 is 5.91 Å². The number of benzene rings is 1. The van der Waals surface area contributed by atoms with Gasteiger partial charge >= 0.3 is 0 Å². The summed E-state index contributed by atoms with van der Waals surface area (Å²) >= 11 is 0. The molecule has 2 amide bonds. The van der Waals surface area contributed by atoms with Crippen LogP contribution in [0.3, 0.4) is 0 Å². The van der Waals surface area contributed by atoms with Crippen LogP contribution in [0, 0.1) is 0 Å². The zero-order valence-electron chi connectivity index (χ0n) is 16.1. The van der Waals surface area contributed by atoms with E-state index >= 15 is 0 Å². The molecule has 1 aromatic carbocycles. The molecule has 4 rings (SSSR count). The van der Waals surface area contributed by atoms with Crippen LogP contribution in [-0.2, 0) is 0 Å². The molecule has 148 valence electrons. The van der Waals surface area contributed by atoms with Gasteiger partial charge in [-0.2, -0.15) is 0 Å². The normalized spacial score (nSPS) is 17.4. The maximum absolute atomic E-state index is 12.8. The first kappa shape index (κ1) is 18.5. The van der Waals surface area contributed by atoms with Crippen molar-refractivity contribution in [2.75, 3.05) is 45.7 Å². The maximum Gasteiger partial charge on any atom is 0.277 e. The molecular formula is C20H24N4O4. The number of ether oxygens (including phenoxy) is 1. The van der Waals surface area contributed by atoms with Crippen molar-refractivity contribution < 1.29 is 18.8 Å². The molecule has 2 fully saturated rings. The van der Waals surface area contributed by atoms with Gasteiger partial charge < -0.3 is 24.4 Å². The minimum atomic E-state index is -0.391. The summed E-state index contributed by atoms with van der Waals surface area (Å²) in [6.45, 7) is 3.07. The average Bonchev–Trinajstić information content (AvgIpc) is 3.44. The van der Waals surface area contributed by atoms with Crippen LogP contribution in [0.4, 0.5) is 5.69 Å². The zero-order valence-corrected chi connectivity index (χ0v) is 16.1. The Kier molecular flexibility index (Phi) is 5.04. The summed E-state index contributed by atoms with van der Waals surface area (Å²) in [7, 11) is 3.57. The molecule has 2 heterocycles. The van der Waals surface area contributed by atoms with Gasteiger partial charge in [0.15, 0.2) is 5.69 Å². The molecule has 1 N–H and O–H groups in total. The van der Waals surface area contributed by atoms with Gasteiger partial charge in [-0.1, -0.05) is 5.16 Å². The number of anilines is 1. The quantitative estimate of drug-likeness (QED) is 0.850. The number of methoxy groups -OCH3 is 1. The Morgan fingerprint density at radius 3 is 2.61 bits per heavy atom. The molecule has 1 saturated carbocycles. The maximum atomic E-state index is 12.8. The summed E-state index contributed by atoms with van der Waals surface area (Å²) in [5.41, 5.74) is 1.17. The van der Waals surface area contributed by atoms with Crippen molar-refractivity contribution in [3.63, 3.8) is 0 Å². The van der Waals surface area contributed by atoms with Gasteiger partial charge in [-0.25, -0.2) is 0 Å². The number of piperazine rings is 1. The van der Waals surface area contributed by atoms with Crippen LogP contribution < -0.4 is 10.1 Å². The number of hydrogen-bond donors (Lipinski definition) is 1. The molecule has 8 heteroatoms. The highest BCUT2D eigenvalue weighted by atomic mass is 16.5. The second kappa shape index (κ2) is 7.63. The summed E-state index contributed by atoms with van der Waals surface area (Å²) in [6.07, 6.45) is 2.14. The number of nitrogens with one attached hydrogen (secondary N) is 1. The van der Waals surface area contributed by atoms with Crippen LogP contribution >= 0.6 is 0 Å². The van der Waals surface area contributed by atoms with E-state index in [4.69, 9.17) is 9.26 Å². The SMILES string of the molecule is COc1ccc(C(=O)N2CCN(C)CC2)cc1NC(=O)c1cc(C2CC2)on1. The predicted molar refractivity (Wildman–Crippen MR) is 103 cm³/mol. The van der Waals surface area contributed by atoms with Gasteiger partial charge in [0.25, 0.3) is 11.8 Å². The number of rotatable bonds is 5. The van der Waals surface area contributed by atoms with E-state index in [1.165, 1.54) is 7.11 Å². The fraction of sp³-hybridized carbons (Fsp3) is 0.450. The first-order valence-corrected chi connectivity index (χ1v) is 9.49. The van der Waals surface area contributed by atoms with E-state index in [9.17, 15) is 9.59 Å². The molecule has 0 atom stereocenters. The van der Waals surface area contributed by atoms with Crippen molar-refractivity contribution in [1.29, 1.82) is 0 Å².